The molecule has 0 saturated heterocycles. The van der Waals surface area contributed by atoms with Crippen LogP contribution in [0.3, 0.4) is 0 Å². The molecule has 0 aliphatic carbocycles. The van der Waals surface area contributed by atoms with Gasteiger partial charge in [0.15, 0.2) is 0 Å². The van der Waals surface area contributed by atoms with Crippen LogP contribution >= 0.6 is 11.8 Å². The first-order chi connectivity index (χ1) is 5.81. The van der Waals surface area contributed by atoms with Gasteiger partial charge in [0, 0.05) is 6.07 Å². The second kappa shape index (κ2) is 2.71. The molecule has 4 heteroatoms. The molecule has 1 heterocycles. The van der Waals surface area contributed by atoms with Gasteiger partial charge in [-0.25, -0.2) is 4.98 Å². The molecule has 2 N–H and O–H groups in total. The van der Waals surface area contributed by atoms with Crippen LogP contribution in [0.25, 0.3) is 11.0 Å². The van der Waals surface area contributed by atoms with E-state index in [1.807, 2.05) is 12.3 Å². The van der Waals surface area contributed by atoms with Crippen LogP contribution in [0.1, 0.15) is 0 Å². The van der Waals surface area contributed by atoms with Crippen molar-refractivity contribution in [3.8, 4) is 5.75 Å². The zero-order chi connectivity index (χ0) is 8.55. The highest BCUT2D eigenvalue weighted by atomic mass is 32.2. The van der Waals surface area contributed by atoms with E-state index in [0.717, 1.165) is 15.9 Å². The van der Waals surface area contributed by atoms with Gasteiger partial charge in [0.2, 0.25) is 0 Å². The summed E-state index contributed by atoms with van der Waals surface area (Å²) in [6.07, 6.45) is 3.54. The smallest absolute Gasteiger partial charge is 0.131 e. The predicted octanol–water partition coefficient (Wildman–Crippen LogP) is 1.99. The number of H-pyrrole nitrogens is 1. The van der Waals surface area contributed by atoms with E-state index in [4.69, 9.17) is 0 Å². The van der Waals surface area contributed by atoms with Gasteiger partial charge in [-0.3, -0.25) is 0 Å². The third-order valence-electron chi connectivity index (χ3n) is 1.72. The molecule has 1 aromatic heterocycles. The number of aromatic hydroxyl groups is 1. The normalized spacial score (nSPS) is 10.8. The van der Waals surface area contributed by atoms with Crippen molar-refractivity contribution < 1.29 is 5.11 Å². The molecule has 0 unspecified atom stereocenters. The van der Waals surface area contributed by atoms with Crippen LogP contribution in [0.2, 0.25) is 0 Å². The number of hydrogen-bond donors (Lipinski definition) is 2. The highest BCUT2D eigenvalue weighted by Crippen LogP contribution is 2.29. The first kappa shape index (κ1) is 7.49. The van der Waals surface area contributed by atoms with Crippen molar-refractivity contribution in [1.29, 1.82) is 0 Å². The van der Waals surface area contributed by atoms with Crippen LogP contribution in [0.15, 0.2) is 23.4 Å². The number of nitrogens with one attached hydrogen (secondary N) is 1. The Balaban J connectivity index is 2.73. The van der Waals surface area contributed by atoms with E-state index >= 15 is 0 Å². The van der Waals surface area contributed by atoms with Crippen LogP contribution in [0.4, 0.5) is 0 Å². The summed E-state index contributed by atoms with van der Waals surface area (Å²) in [7, 11) is 0. The average Bonchev–Trinajstić information content (AvgIpc) is 2.49. The van der Waals surface area contributed by atoms with E-state index in [9.17, 15) is 5.11 Å². The van der Waals surface area contributed by atoms with Gasteiger partial charge >= 0.3 is 0 Å². The molecule has 0 fully saturated rings. The van der Waals surface area contributed by atoms with Crippen LogP contribution in [0.5, 0.6) is 5.75 Å². The van der Waals surface area contributed by atoms with E-state index in [1.54, 1.807) is 12.4 Å². The number of fused-ring (bicyclic) bond motifs is 1. The standard InChI is InChI=1S/C8H8N2OS/c1-12-8-3-6-5(2-7(8)11)9-4-10-6/h2-4,11H,1H3,(H,9,10). The number of phenolic OH excluding ortho intramolecular Hbond substituents is 1. The summed E-state index contributed by atoms with van der Waals surface area (Å²) in [6.45, 7) is 0. The molecule has 0 aliphatic rings. The number of thioether (sulfide) groups is 1. The lowest BCUT2D eigenvalue weighted by Gasteiger charge is -1.99. The topological polar surface area (TPSA) is 48.9 Å². The Hall–Kier alpha value is -1.16. The number of rotatable bonds is 1. The quantitative estimate of drug-likeness (QED) is 0.660. The van der Waals surface area contributed by atoms with E-state index in [1.165, 1.54) is 11.8 Å². The highest BCUT2D eigenvalue weighted by Gasteiger charge is 2.03. The summed E-state index contributed by atoms with van der Waals surface area (Å²) in [6, 6.07) is 3.56. The summed E-state index contributed by atoms with van der Waals surface area (Å²) < 4.78 is 0. The summed E-state index contributed by atoms with van der Waals surface area (Å²) in [5.74, 6) is 0.305. The van der Waals surface area contributed by atoms with Gasteiger partial charge in [0.25, 0.3) is 0 Å². The molecule has 1 aromatic carbocycles. The Bertz CT molecular complexity index is 410. The van der Waals surface area contributed by atoms with Crippen molar-refractivity contribution in [2.24, 2.45) is 0 Å². The molecule has 0 amide bonds. The van der Waals surface area contributed by atoms with Crippen LogP contribution in [-0.2, 0) is 0 Å². The van der Waals surface area contributed by atoms with Gasteiger partial charge in [-0.1, -0.05) is 0 Å². The number of aromatic nitrogens is 2. The fourth-order valence-corrected chi connectivity index (χ4v) is 1.61. The first-order valence-electron chi connectivity index (χ1n) is 3.51. The lowest BCUT2D eigenvalue weighted by atomic mass is 10.3. The van der Waals surface area contributed by atoms with Gasteiger partial charge in [-0.05, 0) is 12.3 Å². The largest absolute Gasteiger partial charge is 0.507 e. The van der Waals surface area contributed by atoms with Crippen molar-refractivity contribution in [3.63, 3.8) is 0 Å². The molecular formula is C8H8N2OS. The Morgan fingerprint density at radius 2 is 2.33 bits per heavy atom. The van der Waals surface area contributed by atoms with E-state index in [-0.39, 0.29) is 0 Å². The number of phenols is 1. The fourth-order valence-electron chi connectivity index (χ4n) is 1.11. The molecular weight excluding hydrogens is 172 g/mol. The maximum atomic E-state index is 9.46. The number of imidazole rings is 1. The minimum atomic E-state index is 0.305. The predicted molar refractivity (Wildman–Crippen MR) is 49.5 cm³/mol. The molecule has 0 bridgehead atoms. The highest BCUT2D eigenvalue weighted by molar-refractivity contribution is 7.98. The lowest BCUT2D eigenvalue weighted by Crippen LogP contribution is -1.74. The maximum Gasteiger partial charge on any atom is 0.131 e. The number of nitrogens with zero attached hydrogens (tertiary/aromatic N) is 1. The van der Waals surface area contributed by atoms with E-state index < -0.39 is 0 Å². The Kier molecular flexibility index (Phi) is 1.69. The molecule has 3 nitrogen and oxygen atoms in total. The third kappa shape index (κ3) is 1.04. The second-order valence-electron chi connectivity index (χ2n) is 2.44. The van der Waals surface area contributed by atoms with Gasteiger partial charge in [-0.15, -0.1) is 11.8 Å². The maximum absolute atomic E-state index is 9.46. The SMILES string of the molecule is CSc1cc2nc[nH]c2cc1O. The summed E-state index contributed by atoms with van der Waals surface area (Å²) in [5.41, 5.74) is 1.75. The molecule has 2 rings (SSSR count). The zero-order valence-corrected chi connectivity index (χ0v) is 7.35. The molecule has 12 heavy (non-hydrogen) atoms. The zero-order valence-electron chi connectivity index (χ0n) is 6.53. The minimum Gasteiger partial charge on any atom is -0.507 e. The van der Waals surface area contributed by atoms with Crippen molar-refractivity contribution in [1.82, 2.24) is 9.97 Å². The number of hydrogen-bond acceptors (Lipinski definition) is 3. The monoisotopic (exact) mass is 180 g/mol. The average molecular weight is 180 g/mol. The van der Waals surface area contributed by atoms with Crippen molar-refractivity contribution in [2.45, 2.75) is 4.90 Å². The van der Waals surface area contributed by atoms with Crippen LogP contribution < -0.4 is 0 Å². The van der Waals surface area contributed by atoms with Crippen LogP contribution in [0, 0.1) is 0 Å². The Labute approximate surface area is 73.8 Å². The molecule has 0 spiro atoms. The molecule has 2 aromatic rings. The van der Waals surface area contributed by atoms with E-state index in [0.29, 0.717) is 5.75 Å². The second-order valence-corrected chi connectivity index (χ2v) is 3.29. The molecule has 0 atom stereocenters. The number of benzene rings is 1. The fraction of sp³-hybridized carbons (Fsp3) is 0.125. The van der Waals surface area contributed by atoms with Gasteiger partial charge < -0.3 is 10.1 Å². The molecule has 0 aliphatic heterocycles. The van der Waals surface area contributed by atoms with Crippen molar-refractivity contribution >= 4 is 22.8 Å². The van der Waals surface area contributed by atoms with Crippen LogP contribution in [-0.4, -0.2) is 21.3 Å². The van der Waals surface area contributed by atoms with Gasteiger partial charge in [-0.2, -0.15) is 0 Å². The van der Waals surface area contributed by atoms with Gasteiger partial charge in [0.1, 0.15) is 5.75 Å². The first-order valence-corrected chi connectivity index (χ1v) is 4.74. The summed E-state index contributed by atoms with van der Waals surface area (Å²) in [4.78, 5) is 7.88. The Morgan fingerprint density at radius 3 is 3.08 bits per heavy atom. The minimum absolute atomic E-state index is 0.305. The Morgan fingerprint density at radius 1 is 1.50 bits per heavy atom. The third-order valence-corrected chi connectivity index (χ3v) is 2.49. The van der Waals surface area contributed by atoms with Gasteiger partial charge in [0.05, 0.1) is 22.3 Å². The summed E-state index contributed by atoms with van der Waals surface area (Å²) in [5, 5.41) is 9.46. The molecule has 0 saturated carbocycles. The molecule has 0 radical (unpaired) electrons. The van der Waals surface area contributed by atoms with Crippen molar-refractivity contribution in [3.05, 3.63) is 18.5 Å². The lowest BCUT2D eigenvalue weighted by molar-refractivity contribution is 0.463. The molecule has 62 valence electrons. The van der Waals surface area contributed by atoms with E-state index in [2.05, 4.69) is 9.97 Å². The summed E-state index contributed by atoms with van der Waals surface area (Å²) >= 11 is 1.51. The number of aromatic amines is 1. The van der Waals surface area contributed by atoms with Crippen molar-refractivity contribution in [2.75, 3.05) is 6.26 Å².